The molecule has 0 fully saturated rings. The molecule has 0 saturated carbocycles. The molecule has 0 spiro atoms. The molecule has 0 aromatic carbocycles. The van der Waals surface area contributed by atoms with E-state index in [2.05, 4.69) is 26.0 Å². The Balaban J connectivity index is 2.19. The number of hydrogen-bond donors (Lipinski definition) is 1. The quantitative estimate of drug-likeness (QED) is 0.794. The summed E-state index contributed by atoms with van der Waals surface area (Å²) in [6, 6.07) is 0. The van der Waals surface area contributed by atoms with Gasteiger partial charge in [0.2, 0.25) is 0 Å². The first kappa shape index (κ1) is 11.2. The number of halogens is 3. The van der Waals surface area contributed by atoms with Gasteiger partial charge in [-0.1, -0.05) is 0 Å². The molecular formula is C9H7BrF2N2O2S. The predicted octanol–water partition coefficient (Wildman–Crippen LogP) is 2.05. The zero-order valence-electron chi connectivity index (χ0n) is 8.43. The number of alkyl halides is 2. The number of amides is 1. The van der Waals surface area contributed by atoms with Gasteiger partial charge in [0.15, 0.2) is 5.75 Å². The number of rotatable bonds is 0. The maximum atomic E-state index is 13.4. The summed E-state index contributed by atoms with van der Waals surface area (Å²) in [5, 5.41) is 2.67. The first-order valence-electron chi connectivity index (χ1n) is 4.90. The standard InChI is InChI=1S/C9H7BrF2N2O2S/c10-7-5-4-6(17-7)8(15)13-1-2-14(4)3-9(11,12)16-5/h1-3H2,(H,13,15). The van der Waals surface area contributed by atoms with E-state index in [1.54, 1.807) is 0 Å². The number of carbonyl (C=O) groups excluding carboxylic acids is 1. The summed E-state index contributed by atoms with van der Waals surface area (Å²) >= 11 is 4.27. The molecule has 0 bridgehead atoms. The highest BCUT2D eigenvalue weighted by Crippen LogP contribution is 2.50. The van der Waals surface area contributed by atoms with Crippen LogP contribution >= 0.6 is 27.3 Å². The highest BCUT2D eigenvalue weighted by Gasteiger charge is 2.45. The van der Waals surface area contributed by atoms with Crippen LogP contribution in [0.2, 0.25) is 0 Å². The van der Waals surface area contributed by atoms with Gasteiger partial charge in [0.1, 0.15) is 20.9 Å². The van der Waals surface area contributed by atoms with E-state index in [0.717, 1.165) is 11.3 Å². The second-order valence-electron chi connectivity index (χ2n) is 3.80. The van der Waals surface area contributed by atoms with Gasteiger partial charge in [-0.05, 0) is 15.9 Å². The zero-order chi connectivity index (χ0) is 12.2. The van der Waals surface area contributed by atoms with Crippen LogP contribution in [0, 0.1) is 0 Å². The van der Waals surface area contributed by atoms with E-state index in [4.69, 9.17) is 0 Å². The minimum Gasteiger partial charge on any atom is -0.427 e. The van der Waals surface area contributed by atoms with E-state index in [9.17, 15) is 13.6 Å². The number of anilines is 1. The molecule has 1 aromatic heterocycles. The first-order chi connectivity index (χ1) is 7.98. The molecule has 0 atom stereocenters. The van der Waals surface area contributed by atoms with Crippen LogP contribution in [-0.2, 0) is 0 Å². The van der Waals surface area contributed by atoms with Crippen molar-refractivity contribution >= 4 is 38.9 Å². The summed E-state index contributed by atoms with van der Waals surface area (Å²) in [5.74, 6) is -0.174. The predicted molar refractivity (Wildman–Crippen MR) is 62.1 cm³/mol. The number of hydrogen-bond acceptors (Lipinski definition) is 4. The number of nitrogens with one attached hydrogen (secondary N) is 1. The Kier molecular flexibility index (Phi) is 2.34. The first-order valence-corrected chi connectivity index (χ1v) is 6.51. The molecule has 2 aliphatic rings. The second kappa shape index (κ2) is 3.55. The molecule has 0 aliphatic carbocycles. The fourth-order valence-electron chi connectivity index (χ4n) is 1.97. The third-order valence-electron chi connectivity index (χ3n) is 2.62. The molecule has 17 heavy (non-hydrogen) atoms. The molecule has 0 unspecified atom stereocenters. The van der Waals surface area contributed by atoms with Gasteiger partial charge in [0.05, 0.1) is 0 Å². The fourth-order valence-corrected chi connectivity index (χ4v) is 3.62. The number of carbonyl (C=O) groups is 1. The van der Waals surface area contributed by atoms with Crippen LogP contribution in [0.5, 0.6) is 5.75 Å². The number of nitrogens with zero attached hydrogens (tertiary/aromatic N) is 1. The van der Waals surface area contributed by atoms with Crippen molar-refractivity contribution in [2.75, 3.05) is 24.5 Å². The van der Waals surface area contributed by atoms with Crippen LogP contribution in [0.1, 0.15) is 9.67 Å². The highest BCUT2D eigenvalue weighted by atomic mass is 79.9. The normalized spacial score (nSPS) is 21.4. The molecule has 1 amide bonds. The Hall–Kier alpha value is -0.890. The topological polar surface area (TPSA) is 41.6 Å². The van der Waals surface area contributed by atoms with Gasteiger partial charge >= 0.3 is 6.11 Å². The lowest BCUT2D eigenvalue weighted by atomic mass is 10.2. The zero-order valence-corrected chi connectivity index (χ0v) is 10.8. The van der Waals surface area contributed by atoms with Crippen LogP contribution < -0.4 is 15.0 Å². The van der Waals surface area contributed by atoms with Crippen LogP contribution in [0.3, 0.4) is 0 Å². The van der Waals surface area contributed by atoms with E-state index in [1.807, 2.05) is 0 Å². The molecule has 2 aliphatic heterocycles. The van der Waals surface area contributed by atoms with Gasteiger partial charge in [0, 0.05) is 13.1 Å². The highest BCUT2D eigenvalue weighted by molar-refractivity contribution is 9.11. The second-order valence-corrected chi connectivity index (χ2v) is 6.14. The number of thiophene rings is 1. The average molecular weight is 325 g/mol. The lowest BCUT2D eigenvalue weighted by Gasteiger charge is -2.33. The monoisotopic (exact) mass is 324 g/mol. The molecule has 8 heteroatoms. The fraction of sp³-hybridized carbons (Fsp3) is 0.444. The summed E-state index contributed by atoms with van der Waals surface area (Å²) in [7, 11) is 0. The molecule has 3 heterocycles. The number of ether oxygens (including phenoxy) is 1. The van der Waals surface area contributed by atoms with Crippen LogP contribution in [0.15, 0.2) is 3.79 Å². The molecule has 92 valence electrons. The average Bonchev–Trinajstić information content (AvgIpc) is 2.46. The summed E-state index contributed by atoms with van der Waals surface area (Å²) < 4.78 is 31.8. The van der Waals surface area contributed by atoms with E-state index < -0.39 is 12.7 Å². The van der Waals surface area contributed by atoms with Gasteiger partial charge in [0.25, 0.3) is 5.91 Å². The van der Waals surface area contributed by atoms with Crippen LogP contribution in [0.25, 0.3) is 0 Å². The summed E-state index contributed by atoms with van der Waals surface area (Å²) in [4.78, 5) is 13.6. The van der Waals surface area contributed by atoms with Gasteiger partial charge in [-0.15, -0.1) is 11.3 Å². The maximum Gasteiger partial charge on any atom is 0.416 e. The van der Waals surface area contributed by atoms with Crippen molar-refractivity contribution in [3.63, 3.8) is 0 Å². The summed E-state index contributed by atoms with van der Waals surface area (Å²) in [6.07, 6.45) is -3.22. The van der Waals surface area contributed by atoms with E-state index in [1.165, 1.54) is 4.90 Å². The lowest BCUT2D eigenvalue weighted by molar-refractivity contribution is -0.172. The third kappa shape index (κ3) is 1.70. The molecule has 1 N–H and O–H groups in total. The van der Waals surface area contributed by atoms with E-state index in [0.29, 0.717) is 27.4 Å². The molecule has 4 nitrogen and oxygen atoms in total. The molecule has 0 radical (unpaired) electrons. The van der Waals surface area contributed by atoms with E-state index in [-0.39, 0.29) is 11.7 Å². The Morgan fingerprint density at radius 3 is 3.06 bits per heavy atom. The Morgan fingerprint density at radius 1 is 1.53 bits per heavy atom. The molecule has 0 saturated heterocycles. The Bertz CT molecular complexity index is 505. The van der Waals surface area contributed by atoms with Gasteiger partial charge in [-0.25, -0.2) is 0 Å². The third-order valence-corrected chi connectivity index (χ3v) is 4.41. The lowest BCUT2D eigenvalue weighted by Crippen LogP contribution is -2.46. The molecule has 3 rings (SSSR count). The Labute approximate surface area is 108 Å². The van der Waals surface area contributed by atoms with Crippen molar-refractivity contribution in [2.45, 2.75) is 6.11 Å². The SMILES string of the molecule is O=C1NCCN2CC(F)(F)Oc3c(Br)sc1c32. The van der Waals surface area contributed by atoms with Crippen molar-refractivity contribution in [3.8, 4) is 5.75 Å². The summed E-state index contributed by atoms with van der Waals surface area (Å²) in [6.45, 7) is 0.187. The largest absolute Gasteiger partial charge is 0.427 e. The van der Waals surface area contributed by atoms with Gasteiger partial charge in [-0.3, -0.25) is 4.79 Å². The molecule has 1 aromatic rings. The summed E-state index contributed by atoms with van der Waals surface area (Å²) in [5.41, 5.74) is 0.475. The van der Waals surface area contributed by atoms with Crippen molar-refractivity contribution in [2.24, 2.45) is 0 Å². The van der Waals surface area contributed by atoms with Gasteiger partial charge < -0.3 is 15.0 Å². The Morgan fingerprint density at radius 2 is 2.29 bits per heavy atom. The maximum absolute atomic E-state index is 13.4. The van der Waals surface area contributed by atoms with Crippen molar-refractivity contribution in [1.82, 2.24) is 5.32 Å². The van der Waals surface area contributed by atoms with Crippen molar-refractivity contribution in [1.29, 1.82) is 0 Å². The minimum absolute atomic E-state index is 0.0679. The van der Waals surface area contributed by atoms with Gasteiger partial charge in [-0.2, -0.15) is 8.78 Å². The smallest absolute Gasteiger partial charge is 0.416 e. The van der Waals surface area contributed by atoms with Crippen molar-refractivity contribution in [3.05, 3.63) is 8.66 Å². The molecular weight excluding hydrogens is 318 g/mol. The van der Waals surface area contributed by atoms with Crippen LogP contribution in [-0.4, -0.2) is 31.7 Å². The van der Waals surface area contributed by atoms with E-state index >= 15 is 0 Å². The van der Waals surface area contributed by atoms with Crippen LogP contribution in [0.4, 0.5) is 14.5 Å². The van der Waals surface area contributed by atoms with Crippen molar-refractivity contribution < 1.29 is 18.3 Å². The minimum atomic E-state index is -3.22.